The molecule has 0 aliphatic rings. The predicted octanol–water partition coefficient (Wildman–Crippen LogP) is 3.37. The van der Waals surface area contributed by atoms with E-state index >= 15 is 0 Å². The Morgan fingerprint density at radius 2 is 2.15 bits per heavy atom. The van der Waals surface area contributed by atoms with Crippen molar-refractivity contribution in [1.29, 1.82) is 0 Å². The summed E-state index contributed by atoms with van der Waals surface area (Å²) in [6, 6.07) is 1.76. The van der Waals surface area contributed by atoms with Crippen LogP contribution in [0.4, 0.5) is 4.79 Å². The first-order valence-corrected chi connectivity index (χ1v) is 7.12. The molecule has 0 bridgehead atoms. The van der Waals surface area contributed by atoms with Gasteiger partial charge in [0.1, 0.15) is 10.5 Å². The maximum atomic E-state index is 11.4. The van der Waals surface area contributed by atoms with Gasteiger partial charge in [-0.1, -0.05) is 12.2 Å². The van der Waals surface area contributed by atoms with Gasteiger partial charge in [0.2, 0.25) is 0 Å². The second-order valence-electron chi connectivity index (χ2n) is 5.13. The molecule has 1 heterocycles. The minimum Gasteiger partial charge on any atom is -0.477 e. The van der Waals surface area contributed by atoms with Gasteiger partial charge in [-0.05, 0) is 44.2 Å². The van der Waals surface area contributed by atoms with E-state index in [-0.39, 0.29) is 0 Å². The number of ether oxygens (including phenoxy) is 1. The summed E-state index contributed by atoms with van der Waals surface area (Å²) >= 11 is 1.19. The number of carboxylic acids is 1. The first-order valence-electron chi connectivity index (χ1n) is 6.24. The molecule has 0 unspecified atom stereocenters. The second kappa shape index (κ2) is 7.09. The molecule has 0 atom stereocenters. The molecule has 20 heavy (non-hydrogen) atoms. The van der Waals surface area contributed by atoms with E-state index in [2.05, 4.69) is 5.32 Å². The molecule has 0 aliphatic carbocycles. The molecule has 1 amide bonds. The van der Waals surface area contributed by atoms with Gasteiger partial charge in [0.25, 0.3) is 0 Å². The Morgan fingerprint density at radius 1 is 1.45 bits per heavy atom. The fraction of sp³-hybridized carbons (Fsp3) is 0.429. The van der Waals surface area contributed by atoms with Crippen molar-refractivity contribution in [3.05, 3.63) is 28.0 Å². The molecule has 1 rings (SSSR count). The highest BCUT2D eigenvalue weighted by Gasteiger charge is 2.15. The van der Waals surface area contributed by atoms with Crippen LogP contribution in [0.1, 0.15) is 42.4 Å². The van der Waals surface area contributed by atoms with Gasteiger partial charge in [-0.25, -0.2) is 9.59 Å². The van der Waals surface area contributed by atoms with Crippen LogP contribution in [-0.4, -0.2) is 29.3 Å². The molecule has 5 nitrogen and oxygen atoms in total. The van der Waals surface area contributed by atoms with Crippen LogP contribution >= 0.6 is 11.3 Å². The Balaban J connectivity index is 2.34. The van der Waals surface area contributed by atoms with Crippen LogP contribution < -0.4 is 5.32 Å². The van der Waals surface area contributed by atoms with Crippen LogP contribution in [-0.2, 0) is 4.74 Å². The third-order valence-electron chi connectivity index (χ3n) is 2.17. The van der Waals surface area contributed by atoms with Gasteiger partial charge < -0.3 is 15.2 Å². The molecule has 110 valence electrons. The van der Waals surface area contributed by atoms with Crippen molar-refractivity contribution in [1.82, 2.24) is 5.32 Å². The summed E-state index contributed by atoms with van der Waals surface area (Å²) in [5, 5.41) is 13.3. The lowest BCUT2D eigenvalue weighted by Crippen LogP contribution is -2.32. The number of alkyl carbamates (subject to hydrolysis) is 1. The summed E-state index contributed by atoms with van der Waals surface area (Å²) in [6.07, 6.45) is 3.73. The zero-order valence-corrected chi connectivity index (χ0v) is 12.6. The number of carbonyl (C=O) groups is 2. The summed E-state index contributed by atoms with van der Waals surface area (Å²) in [7, 11) is 0. The van der Waals surface area contributed by atoms with Crippen molar-refractivity contribution in [2.45, 2.75) is 32.8 Å². The molecule has 0 spiro atoms. The van der Waals surface area contributed by atoms with Crippen LogP contribution in [0.15, 0.2) is 17.5 Å². The molecule has 0 radical (unpaired) electrons. The number of amides is 1. The van der Waals surface area contributed by atoms with Crippen molar-refractivity contribution < 1.29 is 19.4 Å². The number of aromatic carboxylic acids is 1. The van der Waals surface area contributed by atoms with Gasteiger partial charge in [-0.15, -0.1) is 11.3 Å². The molecule has 0 aromatic carbocycles. The standard InChI is InChI=1S/C14H19NO4S/c1-14(2,3)19-13(18)15-8-5-4-6-10-7-9-20-11(10)12(16)17/h4,6-7,9H,5,8H2,1-3H3,(H,15,18)(H,16,17). The zero-order chi connectivity index (χ0) is 15.2. The molecule has 1 aromatic rings. The van der Waals surface area contributed by atoms with Crippen LogP contribution in [0.2, 0.25) is 0 Å². The summed E-state index contributed by atoms with van der Waals surface area (Å²) in [4.78, 5) is 22.6. The molecule has 6 heteroatoms. The average molecular weight is 297 g/mol. The first kappa shape index (κ1) is 16.2. The molecule has 1 aromatic heterocycles. The van der Waals surface area contributed by atoms with E-state index in [0.29, 0.717) is 23.4 Å². The Labute approximate surface area is 122 Å². The van der Waals surface area contributed by atoms with Gasteiger partial charge >= 0.3 is 12.1 Å². The van der Waals surface area contributed by atoms with Gasteiger partial charge in [-0.3, -0.25) is 0 Å². The summed E-state index contributed by atoms with van der Waals surface area (Å²) in [5.41, 5.74) is 0.173. The van der Waals surface area contributed by atoms with Crippen LogP contribution in [0.5, 0.6) is 0 Å². The predicted molar refractivity (Wildman–Crippen MR) is 79.2 cm³/mol. The van der Waals surface area contributed by atoms with E-state index in [4.69, 9.17) is 9.84 Å². The van der Waals surface area contributed by atoms with Gasteiger partial charge in [0.05, 0.1) is 0 Å². The molecular weight excluding hydrogens is 278 g/mol. The normalized spacial score (nSPS) is 11.6. The number of hydrogen-bond donors (Lipinski definition) is 2. The molecule has 2 N–H and O–H groups in total. The highest BCUT2D eigenvalue weighted by Crippen LogP contribution is 2.18. The summed E-state index contributed by atoms with van der Waals surface area (Å²) < 4.78 is 5.09. The Hall–Kier alpha value is -1.82. The lowest BCUT2D eigenvalue weighted by Gasteiger charge is -2.19. The lowest BCUT2D eigenvalue weighted by molar-refractivity contribution is 0.0528. The van der Waals surface area contributed by atoms with Gasteiger partial charge in [0, 0.05) is 6.54 Å². The minimum absolute atomic E-state index is 0.321. The average Bonchev–Trinajstić information content (AvgIpc) is 2.74. The Kier molecular flexibility index (Phi) is 5.76. The minimum atomic E-state index is -0.925. The lowest BCUT2D eigenvalue weighted by atomic mass is 10.2. The summed E-state index contributed by atoms with van der Waals surface area (Å²) in [5.74, 6) is -0.925. The van der Waals surface area contributed by atoms with E-state index in [0.717, 1.165) is 0 Å². The monoisotopic (exact) mass is 297 g/mol. The van der Waals surface area contributed by atoms with Gasteiger partial charge in [0.15, 0.2) is 0 Å². The van der Waals surface area contributed by atoms with E-state index in [1.807, 2.05) is 6.08 Å². The quantitative estimate of drug-likeness (QED) is 0.817. The Morgan fingerprint density at radius 3 is 2.75 bits per heavy atom. The summed E-state index contributed by atoms with van der Waals surface area (Å²) in [6.45, 7) is 5.85. The molecule has 0 saturated heterocycles. The fourth-order valence-electron chi connectivity index (χ4n) is 1.41. The second-order valence-corrected chi connectivity index (χ2v) is 6.05. The van der Waals surface area contributed by atoms with E-state index in [9.17, 15) is 9.59 Å². The zero-order valence-electron chi connectivity index (χ0n) is 11.8. The van der Waals surface area contributed by atoms with Crippen molar-refractivity contribution >= 4 is 29.5 Å². The van der Waals surface area contributed by atoms with Crippen molar-refractivity contribution in [2.75, 3.05) is 6.54 Å². The van der Waals surface area contributed by atoms with Crippen LogP contribution in [0.3, 0.4) is 0 Å². The van der Waals surface area contributed by atoms with Gasteiger partial charge in [-0.2, -0.15) is 0 Å². The number of rotatable bonds is 5. The van der Waals surface area contributed by atoms with E-state index in [1.54, 1.807) is 38.3 Å². The fourth-order valence-corrected chi connectivity index (χ4v) is 2.13. The van der Waals surface area contributed by atoms with Crippen molar-refractivity contribution in [2.24, 2.45) is 0 Å². The van der Waals surface area contributed by atoms with Crippen molar-refractivity contribution in [3.63, 3.8) is 0 Å². The maximum absolute atomic E-state index is 11.4. The number of thiophene rings is 1. The Bertz CT molecular complexity index is 500. The largest absolute Gasteiger partial charge is 0.477 e. The van der Waals surface area contributed by atoms with Crippen molar-refractivity contribution in [3.8, 4) is 0 Å². The molecular formula is C14H19NO4S. The highest BCUT2D eigenvalue weighted by atomic mass is 32.1. The van der Waals surface area contributed by atoms with Crippen LogP contribution in [0, 0.1) is 0 Å². The van der Waals surface area contributed by atoms with E-state index in [1.165, 1.54) is 11.3 Å². The first-order chi connectivity index (χ1) is 9.29. The topological polar surface area (TPSA) is 75.6 Å². The number of hydrogen-bond acceptors (Lipinski definition) is 4. The number of carboxylic acid groups (broad SMARTS) is 1. The van der Waals surface area contributed by atoms with Crippen LogP contribution in [0.25, 0.3) is 6.08 Å². The third kappa shape index (κ3) is 5.88. The number of nitrogens with one attached hydrogen (secondary N) is 1. The SMILES string of the molecule is CC(C)(C)OC(=O)NCCC=Cc1ccsc1C(=O)O. The highest BCUT2D eigenvalue weighted by molar-refractivity contribution is 7.12. The van der Waals surface area contributed by atoms with E-state index < -0.39 is 17.7 Å². The maximum Gasteiger partial charge on any atom is 0.407 e. The molecule has 0 fully saturated rings. The third-order valence-corrected chi connectivity index (χ3v) is 3.08. The number of carbonyl (C=O) groups excluding carboxylic acids is 1. The molecule has 0 aliphatic heterocycles. The molecule has 0 saturated carbocycles. The smallest absolute Gasteiger partial charge is 0.407 e.